The highest BCUT2D eigenvalue weighted by Gasteiger charge is 2.32. The molecule has 0 saturated carbocycles. The molecule has 0 radical (unpaired) electrons. The maximum absolute atomic E-state index is 13.2. The van der Waals surface area contributed by atoms with E-state index in [-0.39, 0.29) is 11.9 Å². The van der Waals surface area contributed by atoms with Gasteiger partial charge >= 0.3 is 12.1 Å². The van der Waals surface area contributed by atoms with Crippen LogP contribution in [0.4, 0.5) is 21.2 Å². The molecule has 5 aromatic rings. The molecule has 13 heteroatoms. The third kappa shape index (κ3) is 7.73. The van der Waals surface area contributed by atoms with E-state index in [9.17, 15) is 14.4 Å². The number of benzene rings is 1. The molecule has 0 spiro atoms. The smallest absolute Gasteiger partial charge is 0.333 e. The van der Waals surface area contributed by atoms with Crippen LogP contribution in [0.15, 0.2) is 73.3 Å². The number of nitrogens with one attached hydrogen (secondary N) is 3. The van der Waals surface area contributed by atoms with E-state index in [1.807, 2.05) is 90.9 Å². The van der Waals surface area contributed by atoms with Gasteiger partial charge in [0.25, 0.3) is 11.9 Å². The predicted octanol–water partition coefficient (Wildman–Crippen LogP) is 5.42. The number of imide groups is 1. The molecule has 4 aromatic heterocycles. The summed E-state index contributed by atoms with van der Waals surface area (Å²) in [5.74, 6) is -0.385. The summed E-state index contributed by atoms with van der Waals surface area (Å²) in [6, 6.07) is 14.0. The van der Waals surface area contributed by atoms with Gasteiger partial charge in [0.1, 0.15) is 0 Å². The van der Waals surface area contributed by atoms with Gasteiger partial charge in [0, 0.05) is 35.2 Å². The first-order valence-electron chi connectivity index (χ1n) is 14.8. The van der Waals surface area contributed by atoms with Crippen LogP contribution < -0.4 is 20.9 Å². The highest BCUT2D eigenvalue weighted by atomic mass is 16.2. The number of fused-ring (bicyclic) bond motifs is 1. The van der Waals surface area contributed by atoms with Gasteiger partial charge in [0.2, 0.25) is 0 Å². The third-order valence-corrected chi connectivity index (χ3v) is 6.65. The Morgan fingerprint density at radius 1 is 0.870 bits per heavy atom. The van der Waals surface area contributed by atoms with Crippen molar-refractivity contribution < 1.29 is 14.4 Å². The van der Waals surface area contributed by atoms with E-state index in [0.717, 1.165) is 21.6 Å². The molecule has 0 unspecified atom stereocenters. The van der Waals surface area contributed by atoms with Crippen molar-refractivity contribution >= 4 is 35.3 Å². The summed E-state index contributed by atoms with van der Waals surface area (Å²) >= 11 is 0. The van der Waals surface area contributed by atoms with Crippen LogP contribution in [0.2, 0.25) is 0 Å². The second-order valence-corrected chi connectivity index (χ2v) is 13.0. The normalized spacial score (nSPS) is 11.7. The van der Waals surface area contributed by atoms with Gasteiger partial charge in [-0.15, -0.1) is 5.10 Å². The van der Waals surface area contributed by atoms with Crippen LogP contribution in [0.3, 0.4) is 0 Å². The van der Waals surface area contributed by atoms with Crippen molar-refractivity contribution in [3.05, 3.63) is 90.1 Å². The Morgan fingerprint density at radius 3 is 2.20 bits per heavy atom. The Kier molecular flexibility index (Phi) is 8.59. The van der Waals surface area contributed by atoms with Crippen molar-refractivity contribution in [2.45, 2.75) is 66.1 Å². The number of amides is 5. The van der Waals surface area contributed by atoms with Crippen molar-refractivity contribution in [3.8, 4) is 11.1 Å². The number of nitrogens with zero attached hydrogens (tertiary/aromatic N) is 7. The van der Waals surface area contributed by atoms with Gasteiger partial charge in [-0.25, -0.2) is 14.1 Å². The molecule has 46 heavy (non-hydrogen) atoms. The van der Waals surface area contributed by atoms with Crippen LogP contribution in [0.1, 0.15) is 63.2 Å². The van der Waals surface area contributed by atoms with E-state index in [2.05, 4.69) is 36.1 Å². The van der Waals surface area contributed by atoms with E-state index >= 15 is 0 Å². The number of carbonyl (C=O) groups excluding carboxylic acids is 3. The Bertz CT molecular complexity index is 1870. The number of carbonyl (C=O) groups is 3. The lowest BCUT2D eigenvalue weighted by Gasteiger charge is -2.28. The first-order chi connectivity index (χ1) is 21.6. The van der Waals surface area contributed by atoms with Crippen LogP contribution in [-0.4, -0.2) is 58.4 Å². The molecule has 4 heterocycles. The summed E-state index contributed by atoms with van der Waals surface area (Å²) in [5.41, 5.74) is 3.37. The number of aromatic nitrogens is 6. The summed E-state index contributed by atoms with van der Waals surface area (Å²) < 4.78 is 3.20. The standard InChI is InChI=1S/C33H38N10O3/c1-21-26(36-28(44)25-18-35-41(20-25)19-22-11-9-8-10-12-22)15-24(17-34-21)23-13-14-42-27(16-23)37-29(40-42)43(30(45)38-32(2,3)4)31(46)39-33(5,6)7/h8-18,20H,19H2,1-7H3,(H,36,44)(H,38,45)(H,39,46). The minimum Gasteiger partial charge on any atom is -0.333 e. The van der Waals surface area contributed by atoms with Gasteiger partial charge in [0.05, 0.1) is 29.7 Å². The first kappa shape index (κ1) is 31.8. The van der Waals surface area contributed by atoms with Gasteiger partial charge < -0.3 is 16.0 Å². The highest BCUT2D eigenvalue weighted by molar-refractivity contribution is 6.12. The lowest BCUT2D eigenvalue weighted by atomic mass is 10.1. The van der Waals surface area contributed by atoms with Crippen molar-refractivity contribution in [2.24, 2.45) is 0 Å². The number of urea groups is 2. The number of hydrogen-bond donors (Lipinski definition) is 3. The van der Waals surface area contributed by atoms with Gasteiger partial charge in [-0.1, -0.05) is 30.3 Å². The first-order valence-corrected chi connectivity index (χ1v) is 14.8. The SMILES string of the molecule is Cc1ncc(-c2ccn3nc(N(C(=O)NC(C)(C)C)C(=O)NC(C)(C)C)nc3c2)cc1NC(=O)c1cnn(Cc2ccccc2)c1. The van der Waals surface area contributed by atoms with Crippen LogP contribution in [0.5, 0.6) is 0 Å². The topological polar surface area (TPSA) is 151 Å². The summed E-state index contributed by atoms with van der Waals surface area (Å²) in [7, 11) is 0. The second-order valence-electron chi connectivity index (χ2n) is 13.0. The molecular formula is C33H38N10O3. The lowest BCUT2D eigenvalue weighted by Crippen LogP contribution is -2.56. The molecule has 238 valence electrons. The molecule has 5 amide bonds. The Balaban J connectivity index is 1.38. The zero-order valence-electron chi connectivity index (χ0n) is 27.0. The number of hydrogen-bond acceptors (Lipinski definition) is 7. The fourth-order valence-corrected chi connectivity index (χ4v) is 4.52. The van der Waals surface area contributed by atoms with Crippen molar-refractivity contribution in [3.63, 3.8) is 0 Å². The molecular weight excluding hydrogens is 584 g/mol. The third-order valence-electron chi connectivity index (χ3n) is 6.65. The molecule has 0 fully saturated rings. The number of rotatable bonds is 6. The number of aryl methyl sites for hydroxylation is 1. The molecule has 0 saturated heterocycles. The van der Waals surface area contributed by atoms with Gasteiger partial charge in [0.15, 0.2) is 5.65 Å². The van der Waals surface area contributed by atoms with Crippen molar-refractivity contribution in [2.75, 3.05) is 10.2 Å². The van der Waals surface area contributed by atoms with Crippen molar-refractivity contribution in [1.82, 2.24) is 40.0 Å². The lowest BCUT2D eigenvalue weighted by molar-refractivity contribution is 0.102. The molecule has 0 aliphatic carbocycles. The Morgan fingerprint density at radius 2 is 1.54 bits per heavy atom. The minimum absolute atomic E-state index is 0.0801. The van der Waals surface area contributed by atoms with Crippen LogP contribution in [-0.2, 0) is 6.54 Å². The summed E-state index contributed by atoms with van der Waals surface area (Å²) in [5, 5.41) is 17.3. The van der Waals surface area contributed by atoms with Gasteiger partial charge in [-0.3, -0.25) is 14.5 Å². The Hall–Kier alpha value is -5.59. The largest absolute Gasteiger partial charge is 0.333 e. The number of pyridine rings is 2. The fourth-order valence-electron chi connectivity index (χ4n) is 4.52. The fraction of sp³-hybridized carbons (Fsp3) is 0.303. The monoisotopic (exact) mass is 622 g/mol. The molecule has 0 aliphatic rings. The van der Waals surface area contributed by atoms with Crippen LogP contribution >= 0.6 is 0 Å². The highest BCUT2D eigenvalue weighted by Crippen LogP contribution is 2.26. The zero-order valence-corrected chi connectivity index (χ0v) is 27.0. The van der Waals surface area contributed by atoms with Gasteiger partial charge in [-0.2, -0.15) is 15.0 Å². The zero-order chi connectivity index (χ0) is 33.2. The number of anilines is 2. The molecule has 5 rings (SSSR count). The molecule has 1 aromatic carbocycles. The van der Waals surface area contributed by atoms with Crippen LogP contribution in [0.25, 0.3) is 16.8 Å². The van der Waals surface area contributed by atoms with Crippen molar-refractivity contribution in [1.29, 1.82) is 0 Å². The maximum atomic E-state index is 13.2. The van der Waals surface area contributed by atoms with E-state index in [4.69, 9.17) is 0 Å². The molecule has 0 bridgehead atoms. The minimum atomic E-state index is -0.654. The Labute approximate surface area is 267 Å². The average Bonchev–Trinajstić information content (AvgIpc) is 3.59. The molecule has 3 N–H and O–H groups in total. The summed E-state index contributed by atoms with van der Waals surface area (Å²) in [4.78, 5) is 49.5. The molecule has 0 atom stereocenters. The maximum Gasteiger partial charge on any atom is 0.333 e. The van der Waals surface area contributed by atoms with E-state index < -0.39 is 23.1 Å². The van der Waals surface area contributed by atoms with E-state index in [1.165, 1.54) is 10.7 Å². The summed E-state index contributed by atoms with van der Waals surface area (Å²) in [6.45, 7) is 13.3. The quantitative estimate of drug-likeness (QED) is 0.229. The molecule has 0 aliphatic heterocycles. The van der Waals surface area contributed by atoms with Crippen LogP contribution in [0, 0.1) is 6.92 Å². The summed E-state index contributed by atoms with van der Waals surface area (Å²) in [6.07, 6.45) is 6.63. The van der Waals surface area contributed by atoms with E-state index in [0.29, 0.717) is 29.1 Å². The predicted molar refractivity (Wildman–Crippen MR) is 176 cm³/mol. The molecule has 13 nitrogen and oxygen atoms in total. The average molecular weight is 623 g/mol. The van der Waals surface area contributed by atoms with E-state index in [1.54, 1.807) is 29.3 Å². The van der Waals surface area contributed by atoms with Gasteiger partial charge in [-0.05, 0) is 77.8 Å². The second kappa shape index (κ2) is 12.4.